The van der Waals surface area contributed by atoms with Crippen LogP contribution in [-0.2, 0) is 14.3 Å². The molecular formula is C21H26N2O4S. The van der Waals surface area contributed by atoms with Crippen molar-refractivity contribution in [2.75, 3.05) is 12.8 Å². The average Bonchev–Trinajstić information content (AvgIpc) is 2.71. The number of esters is 1. The van der Waals surface area contributed by atoms with Gasteiger partial charge in [-0.1, -0.05) is 31.4 Å². The molecule has 1 atom stereocenters. The van der Waals surface area contributed by atoms with E-state index in [0.29, 0.717) is 23.3 Å². The summed E-state index contributed by atoms with van der Waals surface area (Å²) < 4.78 is 5.41. The minimum atomic E-state index is -1.00. The normalized spacial score (nSPS) is 16.5. The van der Waals surface area contributed by atoms with Crippen LogP contribution in [0.1, 0.15) is 56.3 Å². The van der Waals surface area contributed by atoms with E-state index >= 15 is 0 Å². The zero-order chi connectivity index (χ0) is 20.7. The fourth-order valence-corrected chi connectivity index (χ4v) is 4.20. The molecule has 7 heteroatoms. The Bertz CT molecular complexity index is 781. The van der Waals surface area contributed by atoms with Crippen LogP contribution in [-0.4, -0.2) is 47.0 Å². The monoisotopic (exact) mass is 402 g/mol. The molecule has 1 fully saturated rings. The molecule has 1 saturated carbocycles. The Morgan fingerprint density at radius 2 is 1.89 bits per heavy atom. The molecule has 28 heavy (non-hydrogen) atoms. The number of hydrogen-bond acceptors (Lipinski definition) is 6. The number of nitriles is 1. The lowest BCUT2D eigenvalue weighted by molar-refractivity contribution is -0.143. The Balaban J connectivity index is 2.09. The first-order valence-electron chi connectivity index (χ1n) is 9.42. The minimum Gasteiger partial charge on any atom is -0.449 e. The summed E-state index contributed by atoms with van der Waals surface area (Å²) in [5.74, 6) is -0.736. The Kier molecular flexibility index (Phi) is 7.64. The number of nitrogens with zero attached hydrogens (tertiary/aromatic N) is 2. The van der Waals surface area contributed by atoms with Gasteiger partial charge in [0, 0.05) is 11.9 Å². The lowest BCUT2D eigenvalue weighted by Gasteiger charge is -2.39. The molecule has 0 radical (unpaired) electrons. The van der Waals surface area contributed by atoms with Gasteiger partial charge in [0.1, 0.15) is 11.3 Å². The van der Waals surface area contributed by atoms with E-state index in [9.17, 15) is 19.6 Å². The molecule has 150 valence electrons. The first-order chi connectivity index (χ1) is 13.3. The molecule has 1 aliphatic carbocycles. The lowest BCUT2D eigenvalue weighted by atomic mass is 9.81. The SMILES string of the molecule is CC(=O)CSc1ccccc1C(=O)O[C@@H](C)C(=O)N(C)C1(C#N)CCCCC1. The summed E-state index contributed by atoms with van der Waals surface area (Å²) in [6.45, 7) is 3.01. The van der Waals surface area contributed by atoms with E-state index in [2.05, 4.69) is 6.07 Å². The topological polar surface area (TPSA) is 87.5 Å². The zero-order valence-corrected chi connectivity index (χ0v) is 17.4. The van der Waals surface area contributed by atoms with Crippen LogP contribution in [0.3, 0.4) is 0 Å². The standard InChI is InChI=1S/C21H26N2O4S/c1-15(24)13-28-18-10-6-5-9-17(18)20(26)27-16(2)19(25)23(3)21(14-22)11-7-4-8-12-21/h5-6,9-10,16H,4,7-8,11-13H2,1-3H3/t16-/m0/s1. The van der Waals surface area contributed by atoms with E-state index in [-0.39, 0.29) is 17.4 Å². The second-order valence-corrected chi connectivity index (χ2v) is 8.15. The van der Waals surface area contributed by atoms with Crippen LogP contribution in [0.5, 0.6) is 0 Å². The Morgan fingerprint density at radius 3 is 2.50 bits per heavy atom. The molecule has 0 unspecified atom stereocenters. The van der Waals surface area contributed by atoms with Gasteiger partial charge in [0.25, 0.3) is 5.91 Å². The fourth-order valence-electron chi connectivity index (χ4n) is 3.36. The molecule has 0 N–H and O–H groups in total. The molecule has 1 aromatic rings. The van der Waals surface area contributed by atoms with Gasteiger partial charge in [-0.3, -0.25) is 9.59 Å². The van der Waals surface area contributed by atoms with Gasteiger partial charge in [-0.05, 0) is 38.8 Å². The Hall–Kier alpha value is -2.33. The van der Waals surface area contributed by atoms with E-state index in [4.69, 9.17) is 4.74 Å². The van der Waals surface area contributed by atoms with Gasteiger partial charge in [0.05, 0.1) is 17.4 Å². The number of thioether (sulfide) groups is 1. The highest BCUT2D eigenvalue weighted by Gasteiger charge is 2.40. The second kappa shape index (κ2) is 9.74. The predicted octanol–water partition coefficient (Wildman–Crippen LogP) is 3.60. The van der Waals surface area contributed by atoms with Crippen molar-refractivity contribution in [3.8, 4) is 6.07 Å². The second-order valence-electron chi connectivity index (χ2n) is 7.14. The van der Waals surface area contributed by atoms with Crippen LogP contribution < -0.4 is 0 Å². The summed E-state index contributed by atoms with van der Waals surface area (Å²) in [5.41, 5.74) is -0.505. The van der Waals surface area contributed by atoms with Gasteiger partial charge in [-0.15, -0.1) is 11.8 Å². The third kappa shape index (κ3) is 5.14. The van der Waals surface area contributed by atoms with Gasteiger partial charge in [-0.25, -0.2) is 4.79 Å². The first-order valence-corrected chi connectivity index (χ1v) is 10.4. The number of benzene rings is 1. The average molecular weight is 403 g/mol. The van der Waals surface area contributed by atoms with Crippen molar-refractivity contribution >= 4 is 29.4 Å². The minimum absolute atomic E-state index is 0.00706. The van der Waals surface area contributed by atoms with Crippen molar-refractivity contribution in [3.63, 3.8) is 0 Å². The number of carbonyl (C=O) groups is 3. The third-order valence-electron chi connectivity index (χ3n) is 5.03. The number of likely N-dealkylation sites (N-methyl/N-ethyl adjacent to an activating group) is 1. The molecule has 0 bridgehead atoms. The van der Waals surface area contributed by atoms with Crippen LogP contribution >= 0.6 is 11.8 Å². The number of rotatable bonds is 7. The highest BCUT2D eigenvalue weighted by Crippen LogP contribution is 2.33. The fraction of sp³-hybridized carbons (Fsp3) is 0.524. The number of Topliss-reactive ketones (excluding diaryl/α,β-unsaturated/α-hetero) is 1. The van der Waals surface area contributed by atoms with Gasteiger partial charge in [0.15, 0.2) is 6.10 Å². The largest absolute Gasteiger partial charge is 0.449 e. The Morgan fingerprint density at radius 1 is 1.25 bits per heavy atom. The van der Waals surface area contributed by atoms with Gasteiger partial charge in [-0.2, -0.15) is 5.26 Å². The van der Waals surface area contributed by atoms with Crippen molar-refractivity contribution in [2.24, 2.45) is 0 Å². The molecule has 0 saturated heterocycles. The molecule has 0 aliphatic heterocycles. The van der Waals surface area contributed by atoms with Crippen molar-refractivity contribution in [2.45, 2.75) is 62.5 Å². The summed E-state index contributed by atoms with van der Waals surface area (Å²) in [5, 5.41) is 9.66. The van der Waals surface area contributed by atoms with Crippen LogP contribution in [0.15, 0.2) is 29.2 Å². The molecule has 1 aromatic carbocycles. The number of ether oxygens (including phenoxy) is 1. The summed E-state index contributed by atoms with van der Waals surface area (Å²) in [6.07, 6.45) is 3.13. The van der Waals surface area contributed by atoms with Crippen molar-refractivity contribution in [1.82, 2.24) is 4.90 Å². The molecule has 6 nitrogen and oxygen atoms in total. The van der Waals surface area contributed by atoms with Crippen LogP contribution in [0.4, 0.5) is 0 Å². The summed E-state index contributed by atoms with van der Waals surface area (Å²) >= 11 is 1.26. The molecular weight excluding hydrogens is 376 g/mol. The summed E-state index contributed by atoms with van der Waals surface area (Å²) in [4.78, 5) is 38.8. The maximum absolute atomic E-state index is 12.8. The van der Waals surface area contributed by atoms with E-state index < -0.39 is 17.6 Å². The van der Waals surface area contributed by atoms with Crippen molar-refractivity contribution in [1.29, 1.82) is 5.26 Å². The van der Waals surface area contributed by atoms with E-state index in [1.54, 1.807) is 31.3 Å². The van der Waals surface area contributed by atoms with E-state index in [0.717, 1.165) is 19.3 Å². The smallest absolute Gasteiger partial charge is 0.340 e. The lowest BCUT2D eigenvalue weighted by Crippen LogP contribution is -2.53. The molecule has 1 aliphatic rings. The third-order valence-corrected chi connectivity index (χ3v) is 6.25. The van der Waals surface area contributed by atoms with Gasteiger partial charge < -0.3 is 9.64 Å². The summed E-state index contributed by atoms with van der Waals surface area (Å²) in [7, 11) is 1.61. The molecule has 1 amide bonds. The quantitative estimate of drug-likeness (QED) is 0.511. The number of hydrogen-bond donors (Lipinski definition) is 0. The zero-order valence-electron chi connectivity index (χ0n) is 16.6. The molecule has 0 aromatic heterocycles. The summed E-state index contributed by atoms with van der Waals surface area (Å²) in [6, 6.07) is 9.15. The maximum atomic E-state index is 12.8. The van der Waals surface area contributed by atoms with E-state index in [1.165, 1.54) is 30.5 Å². The number of ketones is 1. The van der Waals surface area contributed by atoms with Crippen LogP contribution in [0.25, 0.3) is 0 Å². The maximum Gasteiger partial charge on any atom is 0.340 e. The van der Waals surface area contributed by atoms with Crippen LogP contribution in [0.2, 0.25) is 0 Å². The van der Waals surface area contributed by atoms with Crippen LogP contribution in [0, 0.1) is 11.3 Å². The molecule has 2 rings (SSSR count). The predicted molar refractivity (Wildman–Crippen MR) is 107 cm³/mol. The van der Waals surface area contributed by atoms with Crippen molar-refractivity contribution in [3.05, 3.63) is 29.8 Å². The Labute approximate surface area is 170 Å². The highest BCUT2D eigenvalue weighted by atomic mass is 32.2. The van der Waals surface area contributed by atoms with Gasteiger partial charge >= 0.3 is 5.97 Å². The number of amides is 1. The van der Waals surface area contributed by atoms with Gasteiger partial charge in [0.2, 0.25) is 0 Å². The first kappa shape index (κ1) is 22.0. The molecule has 0 heterocycles. The molecule has 0 spiro atoms. The van der Waals surface area contributed by atoms with E-state index in [1.807, 2.05) is 0 Å². The van der Waals surface area contributed by atoms with Crippen molar-refractivity contribution < 1.29 is 19.1 Å². The number of carbonyl (C=O) groups excluding carboxylic acids is 3. The highest BCUT2D eigenvalue weighted by molar-refractivity contribution is 8.00.